The highest BCUT2D eigenvalue weighted by Crippen LogP contribution is 2.30. The van der Waals surface area contributed by atoms with Crippen LogP contribution in [-0.2, 0) is 14.3 Å². The van der Waals surface area contributed by atoms with Gasteiger partial charge in [-0.25, -0.2) is 23.4 Å². The van der Waals surface area contributed by atoms with Crippen LogP contribution in [0.15, 0.2) is 36.7 Å². The van der Waals surface area contributed by atoms with Crippen LogP contribution in [0.1, 0.15) is 22.0 Å². The number of fused-ring (bicyclic) bond motifs is 1. The van der Waals surface area contributed by atoms with Gasteiger partial charge >= 0.3 is 11.9 Å². The van der Waals surface area contributed by atoms with Gasteiger partial charge in [-0.2, -0.15) is 0 Å². The van der Waals surface area contributed by atoms with Crippen LogP contribution in [0.2, 0.25) is 5.02 Å². The maximum Gasteiger partial charge on any atom is 0.352 e. The average molecular weight is 381 g/mol. The fourth-order valence-electron chi connectivity index (χ4n) is 2.40. The molecule has 2 heterocycles. The van der Waals surface area contributed by atoms with E-state index in [-0.39, 0.29) is 5.56 Å². The standard InChI is InChI=1S/C17H11ClF2N2O4/c1-25-17(24)14(10-2-3-11(19)12(18)13(10)20)26-16(23)9-5-7-22-15-8(9)4-6-21-15/h2-7,14H,1H3,(H,21,22). The van der Waals surface area contributed by atoms with Crippen molar-refractivity contribution in [2.45, 2.75) is 6.10 Å². The van der Waals surface area contributed by atoms with E-state index in [4.69, 9.17) is 16.3 Å². The van der Waals surface area contributed by atoms with E-state index >= 15 is 0 Å². The Labute approximate surface area is 150 Å². The number of nitrogens with one attached hydrogen (secondary N) is 1. The number of aromatic amines is 1. The van der Waals surface area contributed by atoms with E-state index in [0.29, 0.717) is 11.0 Å². The lowest BCUT2D eigenvalue weighted by molar-refractivity contribution is -0.151. The Morgan fingerprint density at radius 3 is 2.73 bits per heavy atom. The normalized spacial score (nSPS) is 12.0. The SMILES string of the molecule is COC(=O)C(OC(=O)c1ccnc2[nH]ccc12)c1ccc(F)c(Cl)c1F. The summed E-state index contributed by atoms with van der Waals surface area (Å²) >= 11 is 5.54. The summed E-state index contributed by atoms with van der Waals surface area (Å²) in [5.41, 5.74) is 0.125. The van der Waals surface area contributed by atoms with E-state index in [0.717, 1.165) is 19.2 Å². The van der Waals surface area contributed by atoms with E-state index in [1.54, 1.807) is 12.3 Å². The second kappa shape index (κ2) is 7.09. The van der Waals surface area contributed by atoms with E-state index in [9.17, 15) is 18.4 Å². The molecule has 0 fully saturated rings. The summed E-state index contributed by atoms with van der Waals surface area (Å²) in [6.45, 7) is 0. The van der Waals surface area contributed by atoms with Crippen LogP contribution in [0.4, 0.5) is 8.78 Å². The van der Waals surface area contributed by atoms with Crippen LogP contribution in [0.5, 0.6) is 0 Å². The molecule has 3 rings (SSSR count). The Balaban J connectivity index is 2.00. The first-order chi connectivity index (χ1) is 12.4. The molecule has 1 atom stereocenters. The third kappa shape index (κ3) is 3.11. The second-order valence-electron chi connectivity index (χ2n) is 5.17. The van der Waals surface area contributed by atoms with E-state index < -0.39 is 40.3 Å². The average Bonchev–Trinajstić information content (AvgIpc) is 3.12. The fraction of sp³-hybridized carbons (Fsp3) is 0.118. The summed E-state index contributed by atoms with van der Waals surface area (Å²) in [7, 11) is 1.04. The maximum atomic E-state index is 14.3. The first kappa shape index (κ1) is 17.8. The molecule has 9 heteroatoms. The van der Waals surface area contributed by atoms with Crippen LogP contribution in [0.3, 0.4) is 0 Å². The Kier molecular flexibility index (Phi) is 4.85. The number of rotatable bonds is 4. The number of carbonyl (C=O) groups excluding carboxylic acids is 2. The highest BCUT2D eigenvalue weighted by Gasteiger charge is 2.31. The molecule has 3 aromatic rings. The number of nitrogens with zero attached hydrogens (tertiary/aromatic N) is 1. The zero-order chi connectivity index (χ0) is 18.8. The molecule has 2 aromatic heterocycles. The molecule has 0 amide bonds. The second-order valence-corrected chi connectivity index (χ2v) is 5.55. The molecule has 0 spiro atoms. The van der Waals surface area contributed by atoms with Crippen LogP contribution in [-0.4, -0.2) is 29.0 Å². The minimum atomic E-state index is -1.76. The summed E-state index contributed by atoms with van der Waals surface area (Å²) in [5.74, 6) is -4.17. The van der Waals surface area contributed by atoms with Crippen molar-refractivity contribution in [2.75, 3.05) is 7.11 Å². The minimum absolute atomic E-state index is 0.110. The molecule has 0 saturated heterocycles. The number of esters is 2. The van der Waals surface area contributed by atoms with Gasteiger partial charge in [0.15, 0.2) is 5.82 Å². The molecule has 1 unspecified atom stereocenters. The molecule has 0 aliphatic heterocycles. The van der Waals surface area contributed by atoms with Gasteiger partial charge in [0.2, 0.25) is 6.10 Å². The Bertz CT molecular complexity index is 1010. The number of H-pyrrole nitrogens is 1. The molecule has 1 aromatic carbocycles. The highest BCUT2D eigenvalue weighted by molar-refractivity contribution is 6.31. The van der Waals surface area contributed by atoms with E-state index in [2.05, 4.69) is 14.7 Å². The Hall–Kier alpha value is -3.00. The van der Waals surface area contributed by atoms with Crippen molar-refractivity contribution in [1.82, 2.24) is 9.97 Å². The van der Waals surface area contributed by atoms with Crippen LogP contribution in [0.25, 0.3) is 11.0 Å². The Morgan fingerprint density at radius 1 is 1.23 bits per heavy atom. The van der Waals surface area contributed by atoms with Gasteiger partial charge in [-0.15, -0.1) is 0 Å². The van der Waals surface area contributed by atoms with Crippen molar-refractivity contribution >= 4 is 34.6 Å². The smallest absolute Gasteiger partial charge is 0.352 e. The third-order valence-corrected chi connectivity index (χ3v) is 4.01. The fourth-order valence-corrected chi connectivity index (χ4v) is 2.57. The Morgan fingerprint density at radius 2 is 2.00 bits per heavy atom. The number of methoxy groups -OCH3 is 1. The number of benzene rings is 1. The molecule has 26 heavy (non-hydrogen) atoms. The molecule has 6 nitrogen and oxygen atoms in total. The van der Waals surface area contributed by atoms with Gasteiger partial charge in [-0.05, 0) is 24.3 Å². The van der Waals surface area contributed by atoms with Gasteiger partial charge in [0.1, 0.15) is 16.5 Å². The van der Waals surface area contributed by atoms with Gasteiger partial charge in [0.05, 0.1) is 12.7 Å². The zero-order valence-corrected chi connectivity index (χ0v) is 14.0. The van der Waals surface area contributed by atoms with Crippen molar-refractivity contribution < 1.29 is 27.8 Å². The summed E-state index contributed by atoms with van der Waals surface area (Å²) < 4.78 is 37.4. The molecule has 0 radical (unpaired) electrons. The van der Waals surface area contributed by atoms with E-state index in [1.165, 1.54) is 12.3 Å². The predicted molar refractivity (Wildman–Crippen MR) is 87.6 cm³/mol. The van der Waals surface area contributed by atoms with Gasteiger partial charge in [0, 0.05) is 23.3 Å². The lowest BCUT2D eigenvalue weighted by Gasteiger charge is -2.17. The van der Waals surface area contributed by atoms with Gasteiger partial charge < -0.3 is 14.5 Å². The number of pyridine rings is 1. The lowest BCUT2D eigenvalue weighted by Crippen LogP contribution is -2.22. The van der Waals surface area contributed by atoms with Crippen LogP contribution < -0.4 is 0 Å². The van der Waals surface area contributed by atoms with Crippen molar-refractivity contribution in [3.8, 4) is 0 Å². The number of ether oxygens (including phenoxy) is 2. The first-order valence-electron chi connectivity index (χ1n) is 7.28. The maximum absolute atomic E-state index is 14.3. The molecule has 0 aliphatic carbocycles. The summed E-state index contributed by atoms with van der Waals surface area (Å²) in [4.78, 5) is 31.4. The molecule has 1 N–H and O–H groups in total. The van der Waals surface area contributed by atoms with Crippen molar-refractivity contribution in [3.05, 3.63) is 64.4 Å². The molecule has 0 aliphatic rings. The van der Waals surface area contributed by atoms with Crippen LogP contribution >= 0.6 is 11.6 Å². The quantitative estimate of drug-likeness (QED) is 0.553. The minimum Gasteiger partial charge on any atom is -0.466 e. The van der Waals surface area contributed by atoms with E-state index in [1.807, 2.05) is 0 Å². The van der Waals surface area contributed by atoms with Gasteiger partial charge in [-0.3, -0.25) is 0 Å². The molecular formula is C17H11ClF2N2O4. The first-order valence-corrected chi connectivity index (χ1v) is 7.66. The summed E-state index contributed by atoms with van der Waals surface area (Å²) in [5, 5.41) is -0.358. The monoisotopic (exact) mass is 380 g/mol. The molecular weight excluding hydrogens is 370 g/mol. The topological polar surface area (TPSA) is 81.3 Å². The number of aromatic nitrogens is 2. The van der Waals surface area contributed by atoms with Crippen molar-refractivity contribution in [1.29, 1.82) is 0 Å². The van der Waals surface area contributed by atoms with Gasteiger partial charge in [0.25, 0.3) is 0 Å². The molecule has 0 bridgehead atoms. The number of hydrogen-bond donors (Lipinski definition) is 1. The lowest BCUT2D eigenvalue weighted by atomic mass is 10.1. The number of halogens is 3. The van der Waals surface area contributed by atoms with Crippen molar-refractivity contribution in [3.63, 3.8) is 0 Å². The molecule has 134 valence electrons. The summed E-state index contributed by atoms with van der Waals surface area (Å²) in [6, 6.07) is 4.81. The predicted octanol–water partition coefficient (Wildman–Crippen LogP) is 3.57. The zero-order valence-electron chi connectivity index (χ0n) is 13.3. The highest BCUT2D eigenvalue weighted by atomic mass is 35.5. The third-order valence-electron chi connectivity index (χ3n) is 3.67. The number of carbonyl (C=O) groups is 2. The van der Waals surface area contributed by atoms with Gasteiger partial charge in [-0.1, -0.05) is 11.6 Å². The number of hydrogen-bond acceptors (Lipinski definition) is 5. The summed E-state index contributed by atoms with van der Waals surface area (Å²) in [6.07, 6.45) is 1.19. The van der Waals surface area contributed by atoms with Crippen molar-refractivity contribution in [2.24, 2.45) is 0 Å². The molecule has 0 saturated carbocycles. The largest absolute Gasteiger partial charge is 0.466 e. The van der Waals surface area contributed by atoms with Crippen LogP contribution in [0, 0.1) is 11.6 Å².